The zero-order valence-electron chi connectivity index (χ0n) is 9.01. The summed E-state index contributed by atoms with van der Waals surface area (Å²) in [6.07, 6.45) is 1.78. The van der Waals surface area contributed by atoms with Crippen molar-refractivity contribution < 1.29 is 5.11 Å². The maximum absolute atomic E-state index is 8.78. The Morgan fingerprint density at radius 2 is 2.14 bits per heavy atom. The second-order valence-corrected chi connectivity index (χ2v) is 3.52. The summed E-state index contributed by atoms with van der Waals surface area (Å²) in [6, 6.07) is 6.42. The third kappa shape index (κ3) is 3.04. The Morgan fingerprint density at radius 1 is 1.36 bits per heavy atom. The molecular formula is C12H19NO. The lowest BCUT2D eigenvalue weighted by molar-refractivity contribution is 0.288. The van der Waals surface area contributed by atoms with Gasteiger partial charge < -0.3 is 10.4 Å². The standard InChI is InChI=1S/C12H19NO/c1-3-13-12-9-10(2)6-7-11(12)5-4-8-14/h6-7,9,13-14H,3-5,8H2,1-2H3. The number of hydrogen-bond acceptors (Lipinski definition) is 2. The van der Waals surface area contributed by atoms with Gasteiger partial charge in [0.15, 0.2) is 0 Å². The lowest BCUT2D eigenvalue weighted by Crippen LogP contribution is -2.02. The Balaban J connectivity index is 2.78. The summed E-state index contributed by atoms with van der Waals surface area (Å²) in [4.78, 5) is 0. The monoisotopic (exact) mass is 193 g/mol. The molecule has 0 aliphatic heterocycles. The van der Waals surface area contributed by atoms with Gasteiger partial charge in [0, 0.05) is 18.8 Å². The molecule has 0 aliphatic rings. The van der Waals surface area contributed by atoms with Crippen molar-refractivity contribution in [3.05, 3.63) is 29.3 Å². The van der Waals surface area contributed by atoms with Crippen molar-refractivity contribution in [1.29, 1.82) is 0 Å². The van der Waals surface area contributed by atoms with E-state index in [9.17, 15) is 0 Å². The van der Waals surface area contributed by atoms with Crippen LogP contribution in [0.25, 0.3) is 0 Å². The molecule has 1 aromatic carbocycles. The van der Waals surface area contributed by atoms with E-state index in [1.165, 1.54) is 16.8 Å². The fraction of sp³-hybridized carbons (Fsp3) is 0.500. The van der Waals surface area contributed by atoms with Crippen molar-refractivity contribution in [2.75, 3.05) is 18.5 Å². The summed E-state index contributed by atoms with van der Waals surface area (Å²) < 4.78 is 0. The van der Waals surface area contributed by atoms with Crippen LogP contribution in [0.2, 0.25) is 0 Å². The fourth-order valence-corrected chi connectivity index (χ4v) is 1.53. The summed E-state index contributed by atoms with van der Waals surface area (Å²) in [6.45, 7) is 5.39. The lowest BCUT2D eigenvalue weighted by Gasteiger charge is -2.11. The van der Waals surface area contributed by atoms with Crippen LogP contribution in [0.3, 0.4) is 0 Å². The molecule has 0 saturated heterocycles. The molecule has 0 radical (unpaired) electrons. The number of hydrogen-bond donors (Lipinski definition) is 2. The molecule has 1 rings (SSSR count). The first-order valence-corrected chi connectivity index (χ1v) is 5.22. The topological polar surface area (TPSA) is 32.3 Å². The minimum atomic E-state index is 0.263. The summed E-state index contributed by atoms with van der Waals surface area (Å²) in [7, 11) is 0. The van der Waals surface area contributed by atoms with Crippen molar-refractivity contribution in [3.8, 4) is 0 Å². The summed E-state index contributed by atoms with van der Waals surface area (Å²) in [5.41, 5.74) is 3.78. The first-order valence-electron chi connectivity index (χ1n) is 5.22. The van der Waals surface area contributed by atoms with Gasteiger partial charge in [-0.3, -0.25) is 0 Å². The van der Waals surface area contributed by atoms with E-state index in [0.29, 0.717) is 0 Å². The zero-order valence-corrected chi connectivity index (χ0v) is 9.01. The van der Waals surface area contributed by atoms with E-state index in [-0.39, 0.29) is 6.61 Å². The van der Waals surface area contributed by atoms with Gasteiger partial charge in [0.05, 0.1) is 0 Å². The normalized spacial score (nSPS) is 10.2. The maximum Gasteiger partial charge on any atom is 0.0434 e. The largest absolute Gasteiger partial charge is 0.396 e. The predicted octanol–water partition coefficient (Wildman–Crippen LogP) is 2.35. The fourth-order valence-electron chi connectivity index (χ4n) is 1.53. The summed E-state index contributed by atoms with van der Waals surface area (Å²) in [5.74, 6) is 0. The Bertz CT molecular complexity index is 284. The Labute approximate surface area is 86.0 Å². The first-order chi connectivity index (χ1) is 6.77. The average molecular weight is 193 g/mol. The number of rotatable bonds is 5. The highest BCUT2D eigenvalue weighted by atomic mass is 16.2. The van der Waals surface area contributed by atoms with Gasteiger partial charge in [-0.15, -0.1) is 0 Å². The van der Waals surface area contributed by atoms with E-state index in [1.54, 1.807) is 0 Å². The molecule has 0 bridgehead atoms. The second-order valence-electron chi connectivity index (χ2n) is 3.52. The van der Waals surface area contributed by atoms with Gasteiger partial charge >= 0.3 is 0 Å². The van der Waals surface area contributed by atoms with Crippen LogP contribution in [0.15, 0.2) is 18.2 Å². The van der Waals surface area contributed by atoms with Gasteiger partial charge in [-0.1, -0.05) is 12.1 Å². The van der Waals surface area contributed by atoms with Crippen molar-refractivity contribution >= 4 is 5.69 Å². The van der Waals surface area contributed by atoms with E-state index >= 15 is 0 Å². The van der Waals surface area contributed by atoms with Crippen LogP contribution in [-0.4, -0.2) is 18.3 Å². The van der Waals surface area contributed by atoms with Gasteiger partial charge in [-0.25, -0.2) is 0 Å². The van der Waals surface area contributed by atoms with Crippen molar-refractivity contribution in [2.24, 2.45) is 0 Å². The van der Waals surface area contributed by atoms with Crippen LogP contribution in [0.4, 0.5) is 5.69 Å². The molecule has 1 aromatic rings. The third-order valence-corrected chi connectivity index (χ3v) is 2.24. The lowest BCUT2D eigenvalue weighted by atomic mass is 10.1. The molecule has 0 atom stereocenters. The minimum Gasteiger partial charge on any atom is -0.396 e. The Kier molecular flexibility index (Phi) is 4.47. The van der Waals surface area contributed by atoms with Crippen LogP contribution < -0.4 is 5.32 Å². The molecule has 78 valence electrons. The predicted molar refractivity (Wildman–Crippen MR) is 60.7 cm³/mol. The Morgan fingerprint density at radius 3 is 2.79 bits per heavy atom. The molecule has 0 fully saturated rings. The SMILES string of the molecule is CCNc1cc(C)ccc1CCCO. The number of aliphatic hydroxyl groups excluding tert-OH is 1. The van der Waals surface area contributed by atoms with Gasteiger partial charge in [-0.2, -0.15) is 0 Å². The average Bonchev–Trinajstić information content (AvgIpc) is 2.17. The molecule has 2 heteroatoms. The van der Waals surface area contributed by atoms with E-state index < -0.39 is 0 Å². The summed E-state index contributed by atoms with van der Waals surface area (Å²) >= 11 is 0. The first kappa shape index (κ1) is 11.1. The maximum atomic E-state index is 8.78. The number of anilines is 1. The molecule has 0 spiro atoms. The van der Waals surface area contributed by atoms with Crippen molar-refractivity contribution in [1.82, 2.24) is 0 Å². The Hall–Kier alpha value is -1.02. The van der Waals surface area contributed by atoms with Crippen molar-refractivity contribution in [2.45, 2.75) is 26.7 Å². The van der Waals surface area contributed by atoms with Crippen LogP contribution in [0.5, 0.6) is 0 Å². The highest BCUT2D eigenvalue weighted by Gasteiger charge is 2.01. The van der Waals surface area contributed by atoms with E-state index in [0.717, 1.165) is 19.4 Å². The number of aryl methyl sites for hydroxylation is 2. The van der Waals surface area contributed by atoms with E-state index in [4.69, 9.17) is 5.11 Å². The molecule has 2 nitrogen and oxygen atoms in total. The second kappa shape index (κ2) is 5.66. The van der Waals surface area contributed by atoms with Crippen molar-refractivity contribution in [3.63, 3.8) is 0 Å². The van der Waals surface area contributed by atoms with Gasteiger partial charge in [0.2, 0.25) is 0 Å². The third-order valence-electron chi connectivity index (χ3n) is 2.24. The molecular weight excluding hydrogens is 174 g/mol. The van der Waals surface area contributed by atoms with Gasteiger partial charge in [0.1, 0.15) is 0 Å². The molecule has 14 heavy (non-hydrogen) atoms. The van der Waals surface area contributed by atoms with E-state index in [2.05, 4.69) is 37.4 Å². The van der Waals surface area contributed by atoms with Crippen LogP contribution in [0.1, 0.15) is 24.5 Å². The van der Waals surface area contributed by atoms with Gasteiger partial charge in [0.25, 0.3) is 0 Å². The molecule has 0 unspecified atom stereocenters. The molecule has 2 N–H and O–H groups in total. The highest BCUT2D eigenvalue weighted by Crippen LogP contribution is 2.18. The number of aliphatic hydroxyl groups is 1. The quantitative estimate of drug-likeness (QED) is 0.752. The summed E-state index contributed by atoms with van der Waals surface area (Å²) in [5, 5.41) is 12.1. The molecule has 0 heterocycles. The van der Waals surface area contributed by atoms with Crippen LogP contribution in [0, 0.1) is 6.92 Å². The van der Waals surface area contributed by atoms with Crippen LogP contribution >= 0.6 is 0 Å². The molecule has 0 amide bonds. The molecule has 0 saturated carbocycles. The molecule has 0 aromatic heterocycles. The van der Waals surface area contributed by atoms with E-state index in [1.807, 2.05) is 0 Å². The minimum absolute atomic E-state index is 0.263. The number of benzene rings is 1. The number of nitrogens with one attached hydrogen (secondary N) is 1. The molecule has 0 aliphatic carbocycles. The zero-order chi connectivity index (χ0) is 10.4. The smallest absolute Gasteiger partial charge is 0.0434 e. The highest BCUT2D eigenvalue weighted by molar-refractivity contribution is 5.53. The van der Waals surface area contributed by atoms with Gasteiger partial charge in [-0.05, 0) is 43.9 Å². The van der Waals surface area contributed by atoms with Crippen LogP contribution in [-0.2, 0) is 6.42 Å².